The Morgan fingerprint density at radius 2 is 2.35 bits per heavy atom. The first kappa shape index (κ1) is 13.1. The molecular formula is C14H19BrO2. The van der Waals surface area contributed by atoms with Crippen molar-refractivity contribution in [1.82, 2.24) is 0 Å². The van der Waals surface area contributed by atoms with Gasteiger partial charge in [-0.2, -0.15) is 0 Å². The molecule has 2 nitrogen and oxygen atoms in total. The fraction of sp³-hybridized carbons (Fsp3) is 0.571. The minimum Gasteiger partial charge on any atom is -0.388 e. The van der Waals surface area contributed by atoms with Gasteiger partial charge in [0.1, 0.15) is 0 Å². The van der Waals surface area contributed by atoms with Gasteiger partial charge in [-0.05, 0) is 55.9 Å². The molecule has 0 aromatic heterocycles. The van der Waals surface area contributed by atoms with Crippen LogP contribution in [0.5, 0.6) is 0 Å². The van der Waals surface area contributed by atoms with Crippen molar-refractivity contribution in [3.8, 4) is 0 Å². The van der Waals surface area contributed by atoms with E-state index in [4.69, 9.17) is 4.74 Å². The predicted octanol–water partition coefficient (Wildman–Crippen LogP) is 3.75. The first-order valence-electron chi connectivity index (χ1n) is 6.22. The van der Waals surface area contributed by atoms with E-state index in [2.05, 4.69) is 15.9 Å². The first-order chi connectivity index (χ1) is 8.16. The molecule has 3 heteroatoms. The second-order valence-corrected chi connectivity index (χ2v) is 5.64. The first-order valence-corrected chi connectivity index (χ1v) is 7.02. The smallest absolute Gasteiger partial charge is 0.0793 e. The summed E-state index contributed by atoms with van der Waals surface area (Å²) in [4.78, 5) is 0. The lowest BCUT2D eigenvalue weighted by Crippen LogP contribution is -2.08. The zero-order chi connectivity index (χ0) is 12.3. The Balaban J connectivity index is 1.91. The number of ether oxygens (including phenoxy) is 1. The minimum atomic E-state index is -0.368. The molecule has 1 saturated heterocycles. The van der Waals surface area contributed by atoms with Crippen molar-refractivity contribution in [2.24, 2.45) is 0 Å². The molecule has 0 bridgehead atoms. The molecular weight excluding hydrogens is 280 g/mol. The summed E-state index contributed by atoms with van der Waals surface area (Å²) in [6.45, 7) is 2.92. The highest BCUT2D eigenvalue weighted by atomic mass is 79.9. The fourth-order valence-electron chi connectivity index (χ4n) is 2.38. The van der Waals surface area contributed by atoms with Crippen molar-refractivity contribution < 1.29 is 9.84 Å². The van der Waals surface area contributed by atoms with Gasteiger partial charge < -0.3 is 9.84 Å². The summed E-state index contributed by atoms with van der Waals surface area (Å²) in [5, 5.41) is 10.2. The third kappa shape index (κ3) is 3.54. The third-order valence-electron chi connectivity index (χ3n) is 3.38. The Kier molecular flexibility index (Phi) is 4.60. The van der Waals surface area contributed by atoms with Gasteiger partial charge in [0.15, 0.2) is 0 Å². The number of aliphatic hydroxyl groups excluding tert-OH is 1. The van der Waals surface area contributed by atoms with Crippen molar-refractivity contribution in [3.63, 3.8) is 0 Å². The van der Waals surface area contributed by atoms with Gasteiger partial charge in [-0.3, -0.25) is 0 Å². The number of aliphatic hydroxyl groups is 1. The molecule has 2 rings (SSSR count). The van der Waals surface area contributed by atoms with Crippen molar-refractivity contribution in [2.75, 3.05) is 6.61 Å². The zero-order valence-corrected chi connectivity index (χ0v) is 11.7. The van der Waals surface area contributed by atoms with Crippen LogP contribution in [0.15, 0.2) is 22.7 Å². The number of benzene rings is 1. The van der Waals surface area contributed by atoms with E-state index in [1.54, 1.807) is 0 Å². The van der Waals surface area contributed by atoms with Crippen molar-refractivity contribution in [3.05, 3.63) is 33.8 Å². The molecule has 17 heavy (non-hydrogen) atoms. The van der Waals surface area contributed by atoms with E-state index >= 15 is 0 Å². The topological polar surface area (TPSA) is 29.5 Å². The maximum absolute atomic E-state index is 10.2. The predicted molar refractivity (Wildman–Crippen MR) is 72.0 cm³/mol. The molecule has 1 aliphatic rings. The maximum atomic E-state index is 10.2. The molecule has 1 heterocycles. The third-order valence-corrected chi connectivity index (χ3v) is 3.87. The normalized spacial score (nSPS) is 21.7. The lowest BCUT2D eigenvalue weighted by Gasteiger charge is -2.16. The van der Waals surface area contributed by atoms with Gasteiger partial charge in [-0.1, -0.05) is 22.0 Å². The lowest BCUT2D eigenvalue weighted by molar-refractivity contribution is 0.0811. The standard InChI is InChI=1S/C14H19BrO2/c1-10-9-11(15)4-6-13(10)14(16)7-5-12-3-2-8-17-12/h4,6,9,12,14,16H,2-3,5,7-8H2,1H3. The van der Waals surface area contributed by atoms with E-state index in [1.807, 2.05) is 25.1 Å². The lowest BCUT2D eigenvalue weighted by atomic mass is 9.98. The van der Waals surface area contributed by atoms with Crippen LogP contribution in [0.2, 0.25) is 0 Å². The van der Waals surface area contributed by atoms with Crippen LogP contribution in [0.4, 0.5) is 0 Å². The average molecular weight is 299 g/mol. The largest absolute Gasteiger partial charge is 0.388 e. The quantitative estimate of drug-likeness (QED) is 0.917. The van der Waals surface area contributed by atoms with Crippen molar-refractivity contribution >= 4 is 15.9 Å². The van der Waals surface area contributed by atoms with Gasteiger partial charge in [-0.15, -0.1) is 0 Å². The molecule has 0 radical (unpaired) electrons. The Bertz CT molecular complexity index is 372. The second-order valence-electron chi connectivity index (χ2n) is 4.73. The second kappa shape index (κ2) is 5.98. The van der Waals surface area contributed by atoms with Crippen LogP contribution in [0.3, 0.4) is 0 Å². The molecule has 2 unspecified atom stereocenters. The van der Waals surface area contributed by atoms with Gasteiger partial charge >= 0.3 is 0 Å². The summed E-state index contributed by atoms with van der Waals surface area (Å²) >= 11 is 3.44. The Hall–Kier alpha value is -0.380. The van der Waals surface area contributed by atoms with E-state index in [9.17, 15) is 5.11 Å². The summed E-state index contributed by atoms with van der Waals surface area (Å²) < 4.78 is 6.63. The Morgan fingerprint density at radius 1 is 1.53 bits per heavy atom. The fourth-order valence-corrected chi connectivity index (χ4v) is 2.86. The number of aryl methyl sites for hydroxylation is 1. The maximum Gasteiger partial charge on any atom is 0.0793 e. The molecule has 1 N–H and O–H groups in total. The molecule has 2 atom stereocenters. The van der Waals surface area contributed by atoms with E-state index < -0.39 is 0 Å². The minimum absolute atomic E-state index is 0.361. The van der Waals surface area contributed by atoms with E-state index in [1.165, 1.54) is 0 Å². The summed E-state index contributed by atoms with van der Waals surface area (Å²) in [6.07, 6.45) is 4.04. The van der Waals surface area contributed by atoms with Crippen LogP contribution < -0.4 is 0 Å². The van der Waals surface area contributed by atoms with Gasteiger partial charge in [-0.25, -0.2) is 0 Å². The van der Waals surface area contributed by atoms with Gasteiger partial charge in [0.2, 0.25) is 0 Å². The van der Waals surface area contributed by atoms with Gasteiger partial charge in [0, 0.05) is 11.1 Å². The van der Waals surface area contributed by atoms with Crippen molar-refractivity contribution in [1.29, 1.82) is 0 Å². The van der Waals surface area contributed by atoms with Crippen molar-refractivity contribution in [2.45, 2.75) is 44.8 Å². The molecule has 1 fully saturated rings. The van der Waals surface area contributed by atoms with E-state index in [0.29, 0.717) is 6.10 Å². The monoisotopic (exact) mass is 298 g/mol. The molecule has 94 valence electrons. The molecule has 1 aromatic carbocycles. The SMILES string of the molecule is Cc1cc(Br)ccc1C(O)CCC1CCCO1. The zero-order valence-electron chi connectivity index (χ0n) is 10.2. The molecule has 0 spiro atoms. The average Bonchev–Trinajstić information content (AvgIpc) is 2.78. The summed E-state index contributed by atoms with van der Waals surface area (Å²) in [5.74, 6) is 0. The highest BCUT2D eigenvalue weighted by Gasteiger charge is 2.18. The Labute approximate surface area is 111 Å². The number of hydrogen-bond acceptors (Lipinski definition) is 2. The van der Waals surface area contributed by atoms with E-state index in [-0.39, 0.29) is 6.10 Å². The van der Waals surface area contributed by atoms with E-state index in [0.717, 1.165) is 47.9 Å². The van der Waals surface area contributed by atoms with Crippen LogP contribution in [-0.2, 0) is 4.74 Å². The number of hydrogen-bond donors (Lipinski definition) is 1. The van der Waals surface area contributed by atoms with Crippen LogP contribution in [0.25, 0.3) is 0 Å². The molecule has 1 aromatic rings. The van der Waals surface area contributed by atoms with Gasteiger partial charge in [0.25, 0.3) is 0 Å². The van der Waals surface area contributed by atoms with Crippen LogP contribution >= 0.6 is 15.9 Å². The molecule has 0 saturated carbocycles. The molecule has 0 aliphatic carbocycles. The highest BCUT2D eigenvalue weighted by molar-refractivity contribution is 9.10. The van der Waals surface area contributed by atoms with Crippen LogP contribution in [-0.4, -0.2) is 17.8 Å². The summed E-state index contributed by atoms with van der Waals surface area (Å²) in [6, 6.07) is 6.03. The Morgan fingerprint density at radius 3 is 3.00 bits per heavy atom. The summed E-state index contributed by atoms with van der Waals surface area (Å²) in [5.41, 5.74) is 2.17. The van der Waals surface area contributed by atoms with Gasteiger partial charge in [0.05, 0.1) is 12.2 Å². The molecule has 0 amide bonds. The number of rotatable bonds is 4. The highest BCUT2D eigenvalue weighted by Crippen LogP contribution is 2.27. The molecule has 1 aliphatic heterocycles. The van der Waals surface area contributed by atoms with Crippen LogP contribution in [0, 0.1) is 6.92 Å². The number of halogens is 1. The summed E-state index contributed by atoms with van der Waals surface area (Å²) in [7, 11) is 0. The van der Waals surface area contributed by atoms with Crippen LogP contribution in [0.1, 0.15) is 42.9 Å².